The highest BCUT2D eigenvalue weighted by Gasteiger charge is 2.15. The fourth-order valence-electron chi connectivity index (χ4n) is 2.92. The third-order valence-electron chi connectivity index (χ3n) is 3.73. The minimum absolute atomic E-state index is 0.113. The number of methoxy groups -OCH3 is 2. The van der Waals surface area contributed by atoms with E-state index in [1.807, 2.05) is 12.1 Å². The van der Waals surface area contributed by atoms with E-state index in [-0.39, 0.29) is 6.61 Å². The molecule has 0 atom stereocenters. The van der Waals surface area contributed by atoms with Crippen molar-refractivity contribution in [3.05, 3.63) is 46.5 Å². The Kier molecular flexibility index (Phi) is 4.53. The molecule has 1 N–H and O–H groups in total. The highest BCUT2D eigenvalue weighted by atomic mass is 16.5. The second-order valence-corrected chi connectivity index (χ2v) is 5.29. The average Bonchev–Trinajstić information content (AvgIpc) is 2.44. The summed E-state index contributed by atoms with van der Waals surface area (Å²) in [5.74, 6) is 1.29. The van der Waals surface area contributed by atoms with Crippen LogP contribution in [0.25, 0.3) is 11.1 Å². The van der Waals surface area contributed by atoms with Crippen LogP contribution < -0.4 is 9.47 Å². The highest BCUT2D eigenvalue weighted by Crippen LogP contribution is 2.37. The summed E-state index contributed by atoms with van der Waals surface area (Å²) in [7, 11) is 3.21. The van der Waals surface area contributed by atoms with E-state index in [0.29, 0.717) is 17.1 Å². The molecule has 2 aromatic rings. The standard InChI is InChI=1S/C18H22O3/c1-11-6-12(2)18(13(3)7-11)14-8-16(20-4)15(10-19)17(9-14)21-5/h6-9,19H,10H2,1-5H3. The van der Waals surface area contributed by atoms with Crippen LogP contribution in [-0.2, 0) is 6.61 Å². The van der Waals surface area contributed by atoms with Gasteiger partial charge in [0.1, 0.15) is 11.5 Å². The van der Waals surface area contributed by atoms with Crippen LogP contribution in [0, 0.1) is 20.8 Å². The van der Waals surface area contributed by atoms with E-state index in [0.717, 1.165) is 5.56 Å². The molecule has 3 nitrogen and oxygen atoms in total. The zero-order chi connectivity index (χ0) is 15.6. The predicted molar refractivity (Wildman–Crippen MR) is 85.1 cm³/mol. The molecule has 0 spiro atoms. The summed E-state index contributed by atoms with van der Waals surface area (Å²) in [6.45, 7) is 6.20. The molecule has 3 heteroatoms. The summed E-state index contributed by atoms with van der Waals surface area (Å²) in [6, 6.07) is 8.25. The van der Waals surface area contributed by atoms with Crippen LogP contribution in [-0.4, -0.2) is 19.3 Å². The molecule has 0 heterocycles. The van der Waals surface area contributed by atoms with Crippen molar-refractivity contribution in [2.24, 2.45) is 0 Å². The van der Waals surface area contributed by atoms with Crippen LogP contribution in [0.5, 0.6) is 11.5 Å². The molecule has 0 radical (unpaired) electrons. The van der Waals surface area contributed by atoms with Crippen molar-refractivity contribution in [3.8, 4) is 22.6 Å². The molecule has 112 valence electrons. The topological polar surface area (TPSA) is 38.7 Å². The predicted octanol–water partition coefficient (Wildman–Crippen LogP) is 3.79. The Morgan fingerprint density at radius 3 is 1.71 bits per heavy atom. The molecule has 0 unspecified atom stereocenters. The maximum absolute atomic E-state index is 9.51. The Bertz CT molecular complexity index is 611. The smallest absolute Gasteiger partial charge is 0.128 e. The Labute approximate surface area is 126 Å². The van der Waals surface area contributed by atoms with Gasteiger partial charge in [-0.05, 0) is 55.2 Å². The molecule has 0 aliphatic rings. The molecule has 0 aliphatic carbocycles. The number of aliphatic hydroxyl groups is 1. The minimum atomic E-state index is -0.113. The number of ether oxygens (including phenoxy) is 2. The van der Waals surface area contributed by atoms with Crippen molar-refractivity contribution >= 4 is 0 Å². The van der Waals surface area contributed by atoms with Crippen molar-refractivity contribution in [1.29, 1.82) is 0 Å². The average molecular weight is 286 g/mol. The first-order valence-electron chi connectivity index (χ1n) is 6.95. The molecule has 0 aliphatic heterocycles. The molecule has 2 aromatic carbocycles. The zero-order valence-corrected chi connectivity index (χ0v) is 13.3. The lowest BCUT2D eigenvalue weighted by Gasteiger charge is -2.17. The van der Waals surface area contributed by atoms with Gasteiger partial charge in [-0.25, -0.2) is 0 Å². The fourth-order valence-corrected chi connectivity index (χ4v) is 2.92. The maximum Gasteiger partial charge on any atom is 0.128 e. The molecule has 0 saturated carbocycles. The van der Waals surface area contributed by atoms with Gasteiger partial charge in [0.2, 0.25) is 0 Å². The largest absolute Gasteiger partial charge is 0.496 e. The van der Waals surface area contributed by atoms with Gasteiger partial charge in [0.15, 0.2) is 0 Å². The number of benzene rings is 2. The Hall–Kier alpha value is -2.00. The van der Waals surface area contributed by atoms with Crippen LogP contribution in [0.4, 0.5) is 0 Å². The third kappa shape index (κ3) is 2.88. The van der Waals surface area contributed by atoms with E-state index in [9.17, 15) is 5.11 Å². The Morgan fingerprint density at radius 2 is 1.33 bits per heavy atom. The van der Waals surface area contributed by atoms with E-state index in [4.69, 9.17) is 9.47 Å². The number of hydrogen-bond donors (Lipinski definition) is 1. The number of rotatable bonds is 4. The summed E-state index contributed by atoms with van der Waals surface area (Å²) in [4.78, 5) is 0. The number of hydrogen-bond acceptors (Lipinski definition) is 3. The fraction of sp³-hybridized carbons (Fsp3) is 0.333. The molecule has 0 bridgehead atoms. The summed E-state index contributed by atoms with van der Waals surface area (Å²) in [5.41, 5.74) is 6.57. The Morgan fingerprint density at radius 1 is 0.857 bits per heavy atom. The Balaban J connectivity index is 2.70. The highest BCUT2D eigenvalue weighted by molar-refractivity contribution is 5.75. The van der Waals surface area contributed by atoms with Gasteiger partial charge in [0.25, 0.3) is 0 Å². The van der Waals surface area contributed by atoms with Crippen molar-refractivity contribution in [2.45, 2.75) is 27.4 Å². The molecular formula is C18H22O3. The molecule has 0 amide bonds. The second-order valence-electron chi connectivity index (χ2n) is 5.29. The first-order valence-corrected chi connectivity index (χ1v) is 6.95. The van der Waals surface area contributed by atoms with Crippen molar-refractivity contribution < 1.29 is 14.6 Å². The molecule has 2 rings (SSSR count). The quantitative estimate of drug-likeness (QED) is 0.929. The normalized spacial score (nSPS) is 10.6. The first kappa shape index (κ1) is 15.4. The molecule has 0 aromatic heterocycles. The number of aliphatic hydroxyl groups excluding tert-OH is 1. The van der Waals surface area contributed by atoms with Gasteiger partial charge in [-0.15, -0.1) is 0 Å². The van der Waals surface area contributed by atoms with Crippen LogP contribution in [0.2, 0.25) is 0 Å². The van der Waals surface area contributed by atoms with Crippen LogP contribution >= 0.6 is 0 Å². The number of aryl methyl sites for hydroxylation is 3. The van der Waals surface area contributed by atoms with E-state index in [1.165, 1.54) is 22.3 Å². The lowest BCUT2D eigenvalue weighted by atomic mass is 9.92. The van der Waals surface area contributed by atoms with E-state index in [2.05, 4.69) is 32.9 Å². The van der Waals surface area contributed by atoms with Gasteiger partial charge >= 0.3 is 0 Å². The van der Waals surface area contributed by atoms with Gasteiger partial charge in [0.05, 0.1) is 26.4 Å². The van der Waals surface area contributed by atoms with E-state index in [1.54, 1.807) is 14.2 Å². The SMILES string of the molecule is COc1cc(-c2c(C)cc(C)cc2C)cc(OC)c1CO. The van der Waals surface area contributed by atoms with Crippen molar-refractivity contribution in [2.75, 3.05) is 14.2 Å². The van der Waals surface area contributed by atoms with E-state index < -0.39 is 0 Å². The van der Waals surface area contributed by atoms with Gasteiger partial charge in [0, 0.05) is 0 Å². The third-order valence-corrected chi connectivity index (χ3v) is 3.73. The van der Waals surface area contributed by atoms with Gasteiger partial charge in [-0.3, -0.25) is 0 Å². The van der Waals surface area contributed by atoms with Crippen LogP contribution in [0.15, 0.2) is 24.3 Å². The summed E-state index contributed by atoms with van der Waals surface area (Å²) in [5, 5.41) is 9.51. The molecule has 21 heavy (non-hydrogen) atoms. The van der Waals surface area contributed by atoms with E-state index >= 15 is 0 Å². The maximum atomic E-state index is 9.51. The summed E-state index contributed by atoms with van der Waals surface area (Å²) < 4.78 is 10.8. The minimum Gasteiger partial charge on any atom is -0.496 e. The first-order chi connectivity index (χ1) is 10.0. The van der Waals surface area contributed by atoms with Gasteiger partial charge in [-0.2, -0.15) is 0 Å². The van der Waals surface area contributed by atoms with Gasteiger partial charge < -0.3 is 14.6 Å². The monoisotopic (exact) mass is 286 g/mol. The summed E-state index contributed by atoms with van der Waals surface area (Å²) in [6.07, 6.45) is 0. The molecule has 0 saturated heterocycles. The lowest BCUT2D eigenvalue weighted by molar-refractivity contribution is 0.265. The van der Waals surface area contributed by atoms with Gasteiger partial charge in [-0.1, -0.05) is 17.7 Å². The molecule has 0 fully saturated rings. The lowest BCUT2D eigenvalue weighted by Crippen LogP contribution is -1.99. The van der Waals surface area contributed by atoms with Crippen LogP contribution in [0.1, 0.15) is 22.3 Å². The molecular weight excluding hydrogens is 264 g/mol. The zero-order valence-electron chi connectivity index (χ0n) is 13.3. The summed E-state index contributed by atoms with van der Waals surface area (Å²) >= 11 is 0. The van der Waals surface area contributed by atoms with Crippen molar-refractivity contribution in [1.82, 2.24) is 0 Å². The van der Waals surface area contributed by atoms with Crippen molar-refractivity contribution in [3.63, 3.8) is 0 Å². The second kappa shape index (κ2) is 6.19. The van der Waals surface area contributed by atoms with Crippen LogP contribution in [0.3, 0.4) is 0 Å².